The molecule has 1 aromatic carbocycles. The van der Waals surface area contributed by atoms with Gasteiger partial charge in [-0.3, -0.25) is 0 Å². The molecule has 4 nitrogen and oxygen atoms in total. The van der Waals surface area contributed by atoms with Crippen LogP contribution in [-0.2, 0) is 17.8 Å². The number of nitrogens with zero attached hydrogens (tertiary/aromatic N) is 2. The number of benzene rings is 1. The largest absolute Gasteiger partial charge is 0.378 e. The summed E-state index contributed by atoms with van der Waals surface area (Å²) in [6.07, 6.45) is 0.726. The van der Waals surface area contributed by atoms with Gasteiger partial charge in [0.05, 0.1) is 15.9 Å². The number of methoxy groups -OCH3 is 1. The number of hydrogen-bond donors (Lipinski definition) is 1. The van der Waals surface area contributed by atoms with Crippen LogP contribution in [0.4, 0.5) is 5.82 Å². The highest BCUT2D eigenvalue weighted by Gasteiger charge is 2.11. The predicted octanol–water partition coefficient (Wildman–Crippen LogP) is 3.17. The van der Waals surface area contributed by atoms with Crippen LogP contribution in [0.15, 0.2) is 24.3 Å². The molecule has 0 aliphatic carbocycles. The fourth-order valence-electron chi connectivity index (χ4n) is 2.03. The molecule has 0 bridgehead atoms. The second kappa shape index (κ2) is 6.99. The Kier molecular flexibility index (Phi) is 5.31. The number of aromatic nitrogens is 2. The van der Waals surface area contributed by atoms with Gasteiger partial charge < -0.3 is 10.1 Å². The lowest BCUT2D eigenvalue weighted by atomic mass is 10.1. The first-order valence-corrected chi connectivity index (χ1v) is 7.49. The van der Waals surface area contributed by atoms with Crippen LogP contribution in [0.5, 0.6) is 0 Å². The van der Waals surface area contributed by atoms with Crippen molar-refractivity contribution in [3.63, 3.8) is 0 Å². The molecule has 0 aliphatic heterocycles. The van der Waals surface area contributed by atoms with Crippen molar-refractivity contribution < 1.29 is 4.74 Å². The summed E-state index contributed by atoms with van der Waals surface area (Å²) in [5.74, 6) is 1.67. The number of halogens is 1. The Morgan fingerprint density at radius 3 is 2.75 bits per heavy atom. The third-order valence-corrected chi connectivity index (χ3v) is 4.06. The van der Waals surface area contributed by atoms with Crippen LogP contribution in [0, 0.1) is 10.5 Å². The minimum absolute atomic E-state index is 0.496. The molecule has 1 aromatic heterocycles. The van der Waals surface area contributed by atoms with Gasteiger partial charge in [0.2, 0.25) is 0 Å². The van der Waals surface area contributed by atoms with Crippen molar-refractivity contribution in [2.75, 3.05) is 19.5 Å². The smallest absolute Gasteiger partial charge is 0.143 e. The topological polar surface area (TPSA) is 47.0 Å². The standard InChI is InChI=1S/C15H18IN3O/c1-10-5-4-6-11(7-10)8-13-18-12(9-20-3)14(16)15(17-2)19-13/h4-7H,8-9H2,1-3H3,(H,17,18,19). The first-order chi connectivity index (χ1) is 9.63. The van der Waals surface area contributed by atoms with Gasteiger partial charge in [-0.1, -0.05) is 29.8 Å². The van der Waals surface area contributed by atoms with Gasteiger partial charge in [0, 0.05) is 20.6 Å². The van der Waals surface area contributed by atoms with Gasteiger partial charge in [-0.15, -0.1) is 0 Å². The molecule has 0 amide bonds. The normalized spacial score (nSPS) is 10.6. The van der Waals surface area contributed by atoms with E-state index >= 15 is 0 Å². The fraction of sp³-hybridized carbons (Fsp3) is 0.333. The average molecular weight is 383 g/mol. The number of rotatable bonds is 5. The lowest BCUT2D eigenvalue weighted by molar-refractivity contribution is 0.180. The first kappa shape index (κ1) is 15.2. The van der Waals surface area contributed by atoms with Gasteiger partial charge in [-0.05, 0) is 35.1 Å². The van der Waals surface area contributed by atoms with Crippen molar-refractivity contribution in [3.05, 3.63) is 50.5 Å². The average Bonchev–Trinajstić information content (AvgIpc) is 2.42. The van der Waals surface area contributed by atoms with Crippen molar-refractivity contribution in [2.45, 2.75) is 20.0 Å². The van der Waals surface area contributed by atoms with E-state index in [0.29, 0.717) is 6.61 Å². The van der Waals surface area contributed by atoms with Crippen molar-refractivity contribution >= 4 is 28.4 Å². The molecular formula is C15H18IN3O. The van der Waals surface area contributed by atoms with Gasteiger partial charge in [0.1, 0.15) is 11.6 Å². The molecule has 1 heterocycles. The zero-order valence-corrected chi connectivity index (χ0v) is 14.1. The van der Waals surface area contributed by atoms with E-state index in [9.17, 15) is 0 Å². The molecule has 0 saturated carbocycles. The maximum absolute atomic E-state index is 5.21. The maximum Gasteiger partial charge on any atom is 0.143 e. The molecule has 106 valence electrons. The van der Waals surface area contributed by atoms with Crippen molar-refractivity contribution in [2.24, 2.45) is 0 Å². The van der Waals surface area contributed by atoms with E-state index in [2.05, 4.69) is 69.1 Å². The summed E-state index contributed by atoms with van der Waals surface area (Å²) in [7, 11) is 3.55. The van der Waals surface area contributed by atoms with Crippen molar-refractivity contribution in [1.29, 1.82) is 0 Å². The van der Waals surface area contributed by atoms with Crippen LogP contribution in [-0.4, -0.2) is 24.1 Å². The van der Waals surface area contributed by atoms with E-state index < -0.39 is 0 Å². The van der Waals surface area contributed by atoms with E-state index in [4.69, 9.17) is 4.74 Å². The molecular weight excluding hydrogens is 365 g/mol. The number of aryl methyl sites for hydroxylation is 1. The molecule has 1 N–H and O–H groups in total. The van der Waals surface area contributed by atoms with E-state index in [1.807, 2.05) is 7.05 Å². The van der Waals surface area contributed by atoms with E-state index in [-0.39, 0.29) is 0 Å². The highest BCUT2D eigenvalue weighted by atomic mass is 127. The lowest BCUT2D eigenvalue weighted by Crippen LogP contribution is -2.09. The summed E-state index contributed by atoms with van der Waals surface area (Å²) in [6, 6.07) is 8.42. The molecule has 20 heavy (non-hydrogen) atoms. The number of nitrogens with one attached hydrogen (secondary N) is 1. The van der Waals surface area contributed by atoms with Crippen LogP contribution in [0.25, 0.3) is 0 Å². The molecule has 2 rings (SSSR count). The highest BCUT2D eigenvalue weighted by molar-refractivity contribution is 14.1. The van der Waals surface area contributed by atoms with Gasteiger partial charge in [-0.2, -0.15) is 0 Å². The molecule has 0 fully saturated rings. The van der Waals surface area contributed by atoms with Crippen molar-refractivity contribution in [1.82, 2.24) is 9.97 Å². The number of anilines is 1. The van der Waals surface area contributed by atoms with Crippen LogP contribution < -0.4 is 5.32 Å². The molecule has 0 aliphatic rings. The minimum atomic E-state index is 0.496. The van der Waals surface area contributed by atoms with Gasteiger partial charge >= 0.3 is 0 Å². The summed E-state index contributed by atoms with van der Waals surface area (Å²) >= 11 is 2.25. The Labute approximate surface area is 133 Å². The Hall–Kier alpha value is -1.21. The van der Waals surface area contributed by atoms with Crippen LogP contribution in [0.2, 0.25) is 0 Å². The molecule has 0 atom stereocenters. The van der Waals surface area contributed by atoms with Crippen molar-refractivity contribution in [3.8, 4) is 0 Å². The summed E-state index contributed by atoms with van der Waals surface area (Å²) < 4.78 is 6.22. The van der Waals surface area contributed by atoms with E-state index in [0.717, 1.165) is 27.3 Å². The minimum Gasteiger partial charge on any atom is -0.378 e. The monoisotopic (exact) mass is 383 g/mol. The second-order valence-electron chi connectivity index (χ2n) is 4.60. The second-order valence-corrected chi connectivity index (χ2v) is 5.68. The summed E-state index contributed by atoms with van der Waals surface area (Å²) in [6.45, 7) is 2.59. The summed E-state index contributed by atoms with van der Waals surface area (Å²) in [5.41, 5.74) is 3.39. The van der Waals surface area contributed by atoms with Crippen LogP contribution >= 0.6 is 22.6 Å². The zero-order valence-electron chi connectivity index (χ0n) is 11.9. The molecule has 5 heteroatoms. The molecule has 0 spiro atoms. The Morgan fingerprint density at radius 1 is 1.30 bits per heavy atom. The number of ether oxygens (including phenoxy) is 1. The zero-order chi connectivity index (χ0) is 14.5. The van der Waals surface area contributed by atoms with E-state index in [1.54, 1.807) is 7.11 Å². The van der Waals surface area contributed by atoms with Gasteiger partial charge in [0.25, 0.3) is 0 Å². The van der Waals surface area contributed by atoms with Crippen LogP contribution in [0.3, 0.4) is 0 Å². The maximum atomic E-state index is 5.21. The van der Waals surface area contributed by atoms with Gasteiger partial charge in [-0.25, -0.2) is 9.97 Å². The van der Waals surface area contributed by atoms with Crippen LogP contribution in [0.1, 0.15) is 22.6 Å². The number of hydrogen-bond acceptors (Lipinski definition) is 4. The fourth-order valence-corrected chi connectivity index (χ4v) is 2.69. The Bertz CT molecular complexity index is 602. The van der Waals surface area contributed by atoms with Gasteiger partial charge in [0.15, 0.2) is 0 Å². The SMILES string of the molecule is CNc1nc(Cc2cccc(C)c2)nc(COC)c1I. The quantitative estimate of drug-likeness (QED) is 0.806. The molecule has 2 aromatic rings. The molecule has 0 unspecified atom stereocenters. The Morgan fingerprint density at radius 2 is 2.10 bits per heavy atom. The summed E-state index contributed by atoms with van der Waals surface area (Å²) in [4.78, 5) is 9.19. The Balaban J connectivity index is 2.34. The first-order valence-electron chi connectivity index (χ1n) is 6.41. The van der Waals surface area contributed by atoms with E-state index in [1.165, 1.54) is 11.1 Å². The lowest BCUT2D eigenvalue weighted by Gasteiger charge is -2.11. The molecule has 0 saturated heterocycles. The third-order valence-electron chi connectivity index (χ3n) is 2.93. The molecule has 0 radical (unpaired) electrons. The third kappa shape index (κ3) is 3.67. The predicted molar refractivity (Wildman–Crippen MR) is 89.0 cm³/mol. The highest BCUT2D eigenvalue weighted by Crippen LogP contribution is 2.20. The summed E-state index contributed by atoms with van der Waals surface area (Å²) in [5, 5.41) is 3.12.